The third-order valence-electron chi connectivity index (χ3n) is 3.96. The molecule has 6 heteroatoms. The smallest absolute Gasteiger partial charge is 0.224 e. The fourth-order valence-electron chi connectivity index (χ4n) is 2.28. The first-order valence-electron chi connectivity index (χ1n) is 7.95. The van der Waals surface area contributed by atoms with Gasteiger partial charge in [0.1, 0.15) is 0 Å². The summed E-state index contributed by atoms with van der Waals surface area (Å²) in [6.07, 6.45) is 3.29. The van der Waals surface area contributed by atoms with Gasteiger partial charge in [-0.3, -0.25) is 9.59 Å². The summed E-state index contributed by atoms with van der Waals surface area (Å²) in [6.45, 7) is 2.33. The molecule has 2 unspecified atom stereocenters. The highest BCUT2D eigenvalue weighted by Gasteiger charge is 2.23. The van der Waals surface area contributed by atoms with Crippen LogP contribution < -0.4 is 16.4 Å². The molecule has 5 nitrogen and oxygen atoms in total. The Balaban J connectivity index is 0.00000264. The maximum absolute atomic E-state index is 12.1. The summed E-state index contributed by atoms with van der Waals surface area (Å²) >= 11 is 0. The number of nitrogens with two attached hydrogens (primary N) is 1. The van der Waals surface area contributed by atoms with Crippen LogP contribution in [0.4, 0.5) is 0 Å². The number of carbonyl (C=O) groups excluding carboxylic acids is 2. The number of nitrogens with one attached hydrogen (secondary N) is 2. The first-order valence-corrected chi connectivity index (χ1v) is 7.95. The van der Waals surface area contributed by atoms with Crippen molar-refractivity contribution in [2.24, 2.45) is 11.7 Å². The maximum atomic E-state index is 12.1. The van der Waals surface area contributed by atoms with E-state index in [1.165, 1.54) is 0 Å². The molecule has 1 aliphatic carbocycles. The predicted molar refractivity (Wildman–Crippen MR) is 93.2 cm³/mol. The molecule has 0 spiro atoms. The van der Waals surface area contributed by atoms with Gasteiger partial charge in [0.25, 0.3) is 0 Å². The summed E-state index contributed by atoms with van der Waals surface area (Å²) < 4.78 is 0. The lowest BCUT2D eigenvalue weighted by Crippen LogP contribution is -2.36. The van der Waals surface area contributed by atoms with Crippen LogP contribution in [0.5, 0.6) is 0 Å². The second-order valence-electron chi connectivity index (χ2n) is 5.96. The molecule has 2 amide bonds. The average molecular weight is 340 g/mol. The minimum Gasteiger partial charge on any atom is -0.356 e. The van der Waals surface area contributed by atoms with E-state index in [9.17, 15) is 9.59 Å². The van der Waals surface area contributed by atoms with Gasteiger partial charge in [-0.05, 0) is 24.8 Å². The molecule has 4 N–H and O–H groups in total. The van der Waals surface area contributed by atoms with Crippen LogP contribution >= 0.6 is 12.4 Å². The second kappa shape index (κ2) is 9.53. The fraction of sp³-hybridized carbons (Fsp3) is 0.529. The SMILES string of the molecule is CC(C(=O)NCCCC(=O)NC1CC1)C(N)c1ccccc1.Cl. The van der Waals surface area contributed by atoms with Gasteiger partial charge in [-0.15, -0.1) is 12.4 Å². The van der Waals surface area contributed by atoms with Crippen LogP contribution in [0.2, 0.25) is 0 Å². The Hall–Kier alpha value is -1.59. The van der Waals surface area contributed by atoms with Gasteiger partial charge < -0.3 is 16.4 Å². The van der Waals surface area contributed by atoms with E-state index in [0.717, 1.165) is 18.4 Å². The quantitative estimate of drug-likeness (QED) is 0.633. The van der Waals surface area contributed by atoms with E-state index in [-0.39, 0.29) is 36.2 Å². The third kappa shape index (κ3) is 6.59. The number of hydrogen-bond donors (Lipinski definition) is 3. The highest BCUT2D eigenvalue weighted by atomic mass is 35.5. The Labute approximate surface area is 143 Å². The Morgan fingerprint density at radius 3 is 2.52 bits per heavy atom. The Bertz CT molecular complexity index is 506. The number of halogens is 1. The van der Waals surface area contributed by atoms with Crippen LogP contribution in [-0.2, 0) is 9.59 Å². The summed E-state index contributed by atoms with van der Waals surface area (Å²) in [6, 6.07) is 9.68. The molecule has 0 aliphatic heterocycles. The molecule has 0 aromatic heterocycles. The van der Waals surface area contributed by atoms with Crippen LogP contribution in [0, 0.1) is 5.92 Å². The first-order chi connectivity index (χ1) is 10.6. The normalized spacial score (nSPS) is 15.9. The molecule has 23 heavy (non-hydrogen) atoms. The van der Waals surface area contributed by atoms with Gasteiger partial charge >= 0.3 is 0 Å². The molecule has 0 bridgehead atoms. The minimum atomic E-state index is -0.320. The van der Waals surface area contributed by atoms with Crippen LogP contribution in [0.3, 0.4) is 0 Å². The zero-order valence-electron chi connectivity index (χ0n) is 13.5. The van der Waals surface area contributed by atoms with Crippen molar-refractivity contribution in [1.29, 1.82) is 0 Å². The molecule has 128 valence electrons. The van der Waals surface area contributed by atoms with Gasteiger partial charge in [-0.25, -0.2) is 0 Å². The van der Waals surface area contributed by atoms with Crippen molar-refractivity contribution in [2.45, 2.75) is 44.7 Å². The van der Waals surface area contributed by atoms with Crippen molar-refractivity contribution in [1.82, 2.24) is 10.6 Å². The molecule has 1 fully saturated rings. The van der Waals surface area contributed by atoms with Crippen molar-refractivity contribution in [2.75, 3.05) is 6.54 Å². The molecule has 0 saturated heterocycles. The van der Waals surface area contributed by atoms with E-state index >= 15 is 0 Å². The zero-order chi connectivity index (χ0) is 15.9. The molecule has 1 aliphatic rings. The van der Waals surface area contributed by atoms with Crippen LogP contribution in [0.1, 0.15) is 44.2 Å². The van der Waals surface area contributed by atoms with Crippen molar-refractivity contribution in [3.05, 3.63) is 35.9 Å². The lowest BCUT2D eigenvalue weighted by Gasteiger charge is -2.19. The van der Waals surface area contributed by atoms with Gasteiger partial charge in [-0.1, -0.05) is 37.3 Å². The zero-order valence-corrected chi connectivity index (χ0v) is 14.3. The number of benzene rings is 1. The van der Waals surface area contributed by atoms with Gasteiger partial charge in [-0.2, -0.15) is 0 Å². The predicted octanol–water partition coefficient (Wildman–Crippen LogP) is 1.92. The Morgan fingerprint density at radius 2 is 1.91 bits per heavy atom. The van der Waals surface area contributed by atoms with E-state index in [0.29, 0.717) is 25.4 Å². The topological polar surface area (TPSA) is 84.2 Å². The summed E-state index contributed by atoms with van der Waals surface area (Å²) in [4.78, 5) is 23.6. The van der Waals surface area contributed by atoms with Crippen LogP contribution in [0.25, 0.3) is 0 Å². The summed E-state index contributed by atoms with van der Waals surface area (Å²) in [5, 5.41) is 5.79. The largest absolute Gasteiger partial charge is 0.356 e. The van der Waals surface area contributed by atoms with E-state index < -0.39 is 0 Å². The van der Waals surface area contributed by atoms with Crippen LogP contribution in [0.15, 0.2) is 30.3 Å². The molecule has 1 saturated carbocycles. The van der Waals surface area contributed by atoms with Crippen molar-refractivity contribution in [3.8, 4) is 0 Å². The summed E-state index contributed by atoms with van der Waals surface area (Å²) in [5.74, 6) is -0.299. The standard InChI is InChI=1S/C17H25N3O2.ClH/c1-12(16(18)13-6-3-2-4-7-13)17(22)19-11-5-8-15(21)20-14-9-10-14;/h2-4,6-7,12,14,16H,5,8-11,18H2,1H3,(H,19,22)(H,20,21);1H. The lowest BCUT2D eigenvalue weighted by molar-refractivity contribution is -0.125. The lowest BCUT2D eigenvalue weighted by atomic mass is 9.94. The molecule has 0 radical (unpaired) electrons. The monoisotopic (exact) mass is 339 g/mol. The molecular weight excluding hydrogens is 314 g/mol. The summed E-state index contributed by atoms with van der Waals surface area (Å²) in [5.41, 5.74) is 7.08. The van der Waals surface area contributed by atoms with Gasteiger partial charge in [0.2, 0.25) is 11.8 Å². The van der Waals surface area contributed by atoms with E-state index in [1.807, 2.05) is 37.3 Å². The van der Waals surface area contributed by atoms with Gasteiger partial charge in [0.05, 0.1) is 5.92 Å². The highest BCUT2D eigenvalue weighted by molar-refractivity contribution is 5.85. The number of hydrogen-bond acceptors (Lipinski definition) is 3. The molecule has 2 atom stereocenters. The number of amides is 2. The Morgan fingerprint density at radius 1 is 1.26 bits per heavy atom. The first kappa shape index (κ1) is 19.5. The fourth-order valence-corrected chi connectivity index (χ4v) is 2.28. The second-order valence-corrected chi connectivity index (χ2v) is 5.96. The van der Waals surface area contributed by atoms with Crippen molar-refractivity contribution >= 4 is 24.2 Å². The van der Waals surface area contributed by atoms with Gasteiger partial charge in [0.15, 0.2) is 0 Å². The average Bonchev–Trinajstić information content (AvgIpc) is 3.34. The molecule has 1 aromatic carbocycles. The van der Waals surface area contributed by atoms with Gasteiger partial charge in [0, 0.05) is 25.0 Å². The number of carbonyl (C=O) groups is 2. The maximum Gasteiger partial charge on any atom is 0.224 e. The Kier molecular flexibility index (Phi) is 8.06. The van der Waals surface area contributed by atoms with E-state index in [1.54, 1.807) is 0 Å². The van der Waals surface area contributed by atoms with E-state index in [4.69, 9.17) is 5.73 Å². The highest BCUT2D eigenvalue weighted by Crippen LogP contribution is 2.19. The molecule has 1 aromatic rings. The van der Waals surface area contributed by atoms with Crippen molar-refractivity contribution in [3.63, 3.8) is 0 Å². The number of rotatable bonds is 8. The van der Waals surface area contributed by atoms with Crippen LogP contribution in [-0.4, -0.2) is 24.4 Å². The molecular formula is C17H26ClN3O2. The van der Waals surface area contributed by atoms with E-state index in [2.05, 4.69) is 10.6 Å². The molecule has 2 rings (SSSR count). The summed E-state index contributed by atoms with van der Waals surface area (Å²) in [7, 11) is 0. The molecule has 0 heterocycles. The van der Waals surface area contributed by atoms with Crippen molar-refractivity contribution < 1.29 is 9.59 Å². The minimum absolute atomic E-state index is 0. The third-order valence-corrected chi connectivity index (χ3v) is 3.96.